The van der Waals surface area contributed by atoms with Gasteiger partial charge in [-0.3, -0.25) is 4.79 Å². The van der Waals surface area contributed by atoms with Gasteiger partial charge in [-0.25, -0.2) is 9.50 Å². The number of rotatable bonds is 3. The molecule has 5 nitrogen and oxygen atoms in total. The molecule has 0 saturated carbocycles. The summed E-state index contributed by atoms with van der Waals surface area (Å²) in [7, 11) is 0. The first kappa shape index (κ1) is 9.64. The lowest BCUT2D eigenvalue weighted by Crippen LogP contribution is -2.04. The number of hydrogen-bond acceptors (Lipinski definition) is 3. The molecule has 0 aliphatic rings. The van der Waals surface area contributed by atoms with E-state index in [0.717, 1.165) is 5.65 Å². The summed E-state index contributed by atoms with van der Waals surface area (Å²) < 4.78 is 1.65. The Morgan fingerprint density at radius 2 is 2.40 bits per heavy atom. The molecule has 78 valence electrons. The third kappa shape index (κ3) is 1.96. The Kier molecular flexibility index (Phi) is 2.37. The normalized spacial score (nSPS) is 12.9. The number of carbonyl (C=O) groups is 1. The molecule has 0 bridgehead atoms. The second-order valence-electron chi connectivity index (χ2n) is 3.47. The minimum Gasteiger partial charge on any atom is -0.481 e. The first-order valence-corrected chi connectivity index (χ1v) is 4.70. The maximum atomic E-state index is 10.5. The molecule has 0 spiro atoms. The first-order valence-electron chi connectivity index (χ1n) is 4.70. The van der Waals surface area contributed by atoms with Gasteiger partial charge in [0.25, 0.3) is 0 Å². The van der Waals surface area contributed by atoms with Crippen molar-refractivity contribution in [1.29, 1.82) is 0 Å². The minimum absolute atomic E-state index is 0.0525. The molecule has 2 aromatic rings. The average Bonchev–Trinajstić information content (AvgIpc) is 2.59. The number of hydrogen-bond donors (Lipinski definition) is 1. The van der Waals surface area contributed by atoms with Gasteiger partial charge in [0.05, 0.1) is 6.42 Å². The maximum Gasteiger partial charge on any atom is 0.304 e. The van der Waals surface area contributed by atoms with Crippen LogP contribution in [0.25, 0.3) is 5.65 Å². The van der Waals surface area contributed by atoms with Gasteiger partial charge in [0, 0.05) is 12.1 Å². The Labute approximate surface area is 86.4 Å². The molecule has 1 N–H and O–H groups in total. The molecule has 0 saturated heterocycles. The van der Waals surface area contributed by atoms with Gasteiger partial charge in [-0.15, -0.1) is 0 Å². The van der Waals surface area contributed by atoms with Crippen LogP contribution in [0.4, 0.5) is 0 Å². The van der Waals surface area contributed by atoms with E-state index in [1.807, 2.05) is 25.1 Å². The van der Waals surface area contributed by atoms with Gasteiger partial charge < -0.3 is 5.11 Å². The summed E-state index contributed by atoms with van der Waals surface area (Å²) in [4.78, 5) is 14.8. The van der Waals surface area contributed by atoms with E-state index in [1.54, 1.807) is 10.7 Å². The number of fused-ring (bicyclic) bond motifs is 1. The van der Waals surface area contributed by atoms with Gasteiger partial charge in [-0.05, 0) is 12.1 Å². The van der Waals surface area contributed by atoms with Crippen molar-refractivity contribution in [2.45, 2.75) is 19.3 Å². The number of aromatic nitrogens is 3. The first-order chi connectivity index (χ1) is 7.16. The van der Waals surface area contributed by atoms with Crippen molar-refractivity contribution in [2.24, 2.45) is 0 Å². The second kappa shape index (κ2) is 3.68. The van der Waals surface area contributed by atoms with E-state index >= 15 is 0 Å². The van der Waals surface area contributed by atoms with E-state index in [2.05, 4.69) is 10.1 Å². The number of pyridine rings is 1. The van der Waals surface area contributed by atoms with E-state index in [-0.39, 0.29) is 12.3 Å². The highest BCUT2D eigenvalue weighted by Gasteiger charge is 2.14. The summed E-state index contributed by atoms with van der Waals surface area (Å²) >= 11 is 0. The zero-order valence-corrected chi connectivity index (χ0v) is 8.29. The van der Waals surface area contributed by atoms with Crippen molar-refractivity contribution in [2.75, 3.05) is 0 Å². The van der Waals surface area contributed by atoms with Crippen LogP contribution in [0.5, 0.6) is 0 Å². The summed E-state index contributed by atoms with van der Waals surface area (Å²) in [5.41, 5.74) is 0.740. The van der Waals surface area contributed by atoms with Gasteiger partial charge in [0.15, 0.2) is 11.5 Å². The number of aliphatic carboxylic acids is 1. The van der Waals surface area contributed by atoms with E-state index in [1.165, 1.54) is 0 Å². The zero-order valence-electron chi connectivity index (χ0n) is 8.29. The van der Waals surface area contributed by atoms with Crippen molar-refractivity contribution in [3.05, 3.63) is 30.2 Å². The summed E-state index contributed by atoms with van der Waals surface area (Å²) in [5, 5.41) is 12.9. The molecule has 2 heterocycles. The van der Waals surface area contributed by atoms with Crippen LogP contribution in [0.2, 0.25) is 0 Å². The second-order valence-corrected chi connectivity index (χ2v) is 3.47. The highest BCUT2D eigenvalue weighted by molar-refractivity contribution is 5.67. The molecule has 0 radical (unpaired) electrons. The van der Waals surface area contributed by atoms with Gasteiger partial charge in [-0.1, -0.05) is 13.0 Å². The fourth-order valence-electron chi connectivity index (χ4n) is 1.41. The molecule has 0 aliphatic heterocycles. The van der Waals surface area contributed by atoms with E-state index in [4.69, 9.17) is 5.11 Å². The molecule has 1 unspecified atom stereocenters. The van der Waals surface area contributed by atoms with Crippen molar-refractivity contribution >= 4 is 11.6 Å². The molecule has 0 fully saturated rings. The lowest BCUT2D eigenvalue weighted by molar-refractivity contribution is -0.137. The smallest absolute Gasteiger partial charge is 0.304 e. The van der Waals surface area contributed by atoms with Crippen LogP contribution in [-0.2, 0) is 4.79 Å². The van der Waals surface area contributed by atoms with Crippen LogP contribution >= 0.6 is 0 Å². The third-order valence-corrected chi connectivity index (χ3v) is 2.18. The van der Waals surface area contributed by atoms with Gasteiger partial charge in [0.2, 0.25) is 0 Å². The fraction of sp³-hybridized carbons (Fsp3) is 0.300. The van der Waals surface area contributed by atoms with Crippen LogP contribution in [0, 0.1) is 0 Å². The van der Waals surface area contributed by atoms with Crippen LogP contribution in [-0.4, -0.2) is 25.7 Å². The lowest BCUT2D eigenvalue weighted by atomic mass is 10.1. The molecular weight excluding hydrogens is 194 g/mol. The summed E-state index contributed by atoms with van der Waals surface area (Å²) in [6.45, 7) is 1.81. The number of carboxylic acid groups (broad SMARTS) is 1. The Balaban J connectivity index is 2.32. The molecule has 1 atom stereocenters. The summed E-state index contributed by atoms with van der Waals surface area (Å²) in [5.74, 6) is -0.424. The quantitative estimate of drug-likeness (QED) is 0.820. The standard InChI is InChI=1S/C10H11N3O2/c1-7(6-9(14)15)10-11-8-4-2-3-5-13(8)12-10/h2-5,7H,6H2,1H3,(H,14,15). The van der Waals surface area contributed by atoms with Crippen LogP contribution < -0.4 is 0 Å². The fourth-order valence-corrected chi connectivity index (χ4v) is 1.41. The van der Waals surface area contributed by atoms with Crippen LogP contribution in [0.1, 0.15) is 25.1 Å². The monoisotopic (exact) mass is 205 g/mol. The molecule has 2 aromatic heterocycles. The molecule has 2 rings (SSSR count). The molecule has 15 heavy (non-hydrogen) atoms. The van der Waals surface area contributed by atoms with Crippen molar-refractivity contribution < 1.29 is 9.90 Å². The van der Waals surface area contributed by atoms with E-state index in [0.29, 0.717) is 5.82 Å². The van der Waals surface area contributed by atoms with E-state index < -0.39 is 5.97 Å². The maximum absolute atomic E-state index is 10.5. The summed E-state index contributed by atoms with van der Waals surface area (Å²) in [6, 6.07) is 5.56. The Hall–Kier alpha value is -1.91. The predicted molar refractivity (Wildman–Crippen MR) is 53.7 cm³/mol. The van der Waals surface area contributed by atoms with Crippen LogP contribution in [0.3, 0.4) is 0 Å². The predicted octanol–water partition coefficient (Wildman–Crippen LogP) is 1.31. The molecule has 0 aliphatic carbocycles. The van der Waals surface area contributed by atoms with Crippen molar-refractivity contribution in [3.8, 4) is 0 Å². The van der Waals surface area contributed by atoms with Crippen molar-refractivity contribution in [1.82, 2.24) is 14.6 Å². The zero-order chi connectivity index (χ0) is 10.8. The SMILES string of the molecule is CC(CC(=O)O)c1nc2ccccn2n1. The highest BCUT2D eigenvalue weighted by atomic mass is 16.4. The minimum atomic E-state index is -0.832. The lowest BCUT2D eigenvalue weighted by Gasteiger charge is -2.01. The molecular formula is C10H11N3O2. The Bertz CT molecular complexity index is 459. The van der Waals surface area contributed by atoms with Gasteiger partial charge in [-0.2, -0.15) is 5.10 Å². The van der Waals surface area contributed by atoms with Crippen molar-refractivity contribution in [3.63, 3.8) is 0 Å². The van der Waals surface area contributed by atoms with Crippen LogP contribution in [0.15, 0.2) is 24.4 Å². The average molecular weight is 205 g/mol. The molecule has 5 heteroatoms. The highest BCUT2D eigenvalue weighted by Crippen LogP contribution is 2.15. The number of carboxylic acids is 1. The third-order valence-electron chi connectivity index (χ3n) is 2.18. The van der Waals surface area contributed by atoms with Gasteiger partial charge in [0.1, 0.15) is 0 Å². The topological polar surface area (TPSA) is 67.5 Å². The van der Waals surface area contributed by atoms with E-state index in [9.17, 15) is 4.79 Å². The van der Waals surface area contributed by atoms with Gasteiger partial charge >= 0.3 is 5.97 Å². The number of nitrogens with zero attached hydrogens (tertiary/aromatic N) is 3. The Morgan fingerprint density at radius 1 is 1.60 bits per heavy atom. The largest absolute Gasteiger partial charge is 0.481 e. The Morgan fingerprint density at radius 3 is 3.07 bits per heavy atom. The molecule has 0 aromatic carbocycles. The summed E-state index contributed by atoms with van der Waals surface area (Å²) in [6.07, 6.45) is 1.84. The molecule has 0 amide bonds.